The average molecular weight is 374 g/mol. The number of amides is 1. The Kier molecular flexibility index (Phi) is 6.82. The van der Waals surface area contributed by atoms with E-state index in [9.17, 15) is 4.79 Å². The molecule has 26 heavy (non-hydrogen) atoms. The van der Waals surface area contributed by atoms with Crippen molar-refractivity contribution in [3.63, 3.8) is 0 Å². The molecule has 2 aromatic rings. The Morgan fingerprint density at radius 3 is 3.15 bits per heavy atom. The maximum absolute atomic E-state index is 12.1. The quantitative estimate of drug-likeness (QED) is 0.743. The first-order valence-electron chi connectivity index (χ1n) is 9.34. The van der Waals surface area contributed by atoms with Crippen LogP contribution in [0.25, 0.3) is 0 Å². The molecule has 0 spiro atoms. The van der Waals surface area contributed by atoms with Crippen molar-refractivity contribution in [2.24, 2.45) is 5.92 Å². The van der Waals surface area contributed by atoms with Crippen molar-refractivity contribution in [3.05, 3.63) is 34.8 Å². The van der Waals surface area contributed by atoms with Crippen LogP contribution in [-0.2, 0) is 11.3 Å². The van der Waals surface area contributed by atoms with Gasteiger partial charge in [0, 0.05) is 37.0 Å². The third-order valence-electron chi connectivity index (χ3n) is 4.67. The molecule has 3 heterocycles. The van der Waals surface area contributed by atoms with E-state index in [1.807, 2.05) is 23.6 Å². The summed E-state index contributed by atoms with van der Waals surface area (Å²) < 4.78 is 0. The molecule has 0 unspecified atom stereocenters. The molecule has 0 saturated carbocycles. The van der Waals surface area contributed by atoms with Crippen molar-refractivity contribution in [2.45, 2.75) is 39.2 Å². The second-order valence-electron chi connectivity index (χ2n) is 6.64. The lowest BCUT2D eigenvalue weighted by Crippen LogP contribution is -2.36. The number of carbonyl (C=O) groups is 1. The van der Waals surface area contributed by atoms with Gasteiger partial charge in [0.05, 0.1) is 6.54 Å². The number of nitrogens with zero attached hydrogens (tertiary/aromatic N) is 3. The van der Waals surface area contributed by atoms with Crippen LogP contribution in [0.1, 0.15) is 37.5 Å². The van der Waals surface area contributed by atoms with E-state index in [4.69, 9.17) is 0 Å². The number of nitrogens with one attached hydrogen (secondary N) is 2. The van der Waals surface area contributed by atoms with Crippen LogP contribution >= 0.6 is 11.3 Å². The Balaban J connectivity index is 1.46. The van der Waals surface area contributed by atoms with Crippen LogP contribution in [-0.4, -0.2) is 35.5 Å². The average Bonchev–Trinajstić information content (AvgIpc) is 3.19. The molecule has 140 valence electrons. The van der Waals surface area contributed by atoms with Crippen LogP contribution in [0, 0.1) is 5.92 Å². The lowest BCUT2D eigenvalue weighted by atomic mass is 9.93. The molecule has 0 bridgehead atoms. The van der Waals surface area contributed by atoms with Crippen molar-refractivity contribution in [3.8, 4) is 0 Å². The monoisotopic (exact) mass is 373 g/mol. The molecular formula is C19H27N5OS. The maximum Gasteiger partial charge on any atom is 0.220 e. The van der Waals surface area contributed by atoms with Gasteiger partial charge in [-0.3, -0.25) is 4.79 Å². The Morgan fingerprint density at radius 1 is 1.42 bits per heavy atom. The van der Waals surface area contributed by atoms with Crippen molar-refractivity contribution < 1.29 is 4.79 Å². The summed E-state index contributed by atoms with van der Waals surface area (Å²) in [5.41, 5.74) is 0. The van der Waals surface area contributed by atoms with Gasteiger partial charge in [-0.2, -0.15) is 0 Å². The summed E-state index contributed by atoms with van der Waals surface area (Å²) in [6.45, 7) is 5.52. The van der Waals surface area contributed by atoms with E-state index in [1.165, 1.54) is 11.3 Å². The minimum absolute atomic E-state index is 0.145. The smallest absolute Gasteiger partial charge is 0.220 e. The summed E-state index contributed by atoms with van der Waals surface area (Å²) >= 11 is 1.67. The zero-order chi connectivity index (χ0) is 18.2. The zero-order valence-corrected chi connectivity index (χ0v) is 16.1. The number of rotatable bonds is 8. The van der Waals surface area contributed by atoms with Crippen LogP contribution in [0.4, 0.5) is 11.6 Å². The summed E-state index contributed by atoms with van der Waals surface area (Å²) in [5, 5.41) is 8.29. The molecule has 3 rings (SSSR count). The first-order valence-corrected chi connectivity index (χ1v) is 10.2. The fourth-order valence-corrected chi connectivity index (χ4v) is 3.97. The van der Waals surface area contributed by atoms with E-state index in [0.717, 1.165) is 44.1 Å². The van der Waals surface area contributed by atoms with Gasteiger partial charge in [0.2, 0.25) is 5.91 Å². The SMILES string of the molecule is CCNc1cc(N2CCC[C@H](CCC(=O)NCc3cccs3)C2)ncn1. The highest BCUT2D eigenvalue weighted by Gasteiger charge is 2.22. The van der Waals surface area contributed by atoms with Gasteiger partial charge in [-0.15, -0.1) is 11.3 Å². The fourth-order valence-electron chi connectivity index (χ4n) is 3.33. The van der Waals surface area contributed by atoms with Crippen molar-refractivity contribution in [1.82, 2.24) is 15.3 Å². The molecule has 2 N–H and O–H groups in total. The number of aromatic nitrogens is 2. The van der Waals surface area contributed by atoms with Crippen LogP contribution in [0.3, 0.4) is 0 Å². The molecule has 2 aromatic heterocycles. The first kappa shape index (κ1) is 18.6. The molecular weight excluding hydrogens is 346 g/mol. The van der Waals surface area contributed by atoms with Crippen LogP contribution in [0.15, 0.2) is 29.9 Å². The molecule has 1 amide bonds. The summed E-state index contributed by atoms with van der Waals surface area (Å²) in [5.74, 6) is 2.52. The molecule has 1 aliphatic heterocycles. The summed E-state index contributed by atoms with van der Waals surface area (Å²) in [6, 6.07) is 6.07. The highest BCUT2D eigenvalue weighted by atomic mass is 32.1. The van der Waals surface area contributed by atoms with E-state index in [1.54, 1.807) is 17.7 Å². The van der Waals surface area contributed by atoms with E-state index in [2.05, 4.69) is 32.4 Å². The van der Waals surface area contributed by atoms with E-state index >= 15 is 0 Å². The Hall–Kier alpha value is -2.15. The standard InChI is InChI=1S/C19H27N5OS/c1-2-20-17-11-18(23-14-22-17)24-9-3-5-15(13-24)7-8-19(25)21-12-16-6-4-10-26-16/h4,6,10-11,14-15H,2-3,5,7-9,12-13H2,1H3,(H,21,25)(H,20,22,23)/t15-/m1/s1. The second kappa shape index (κ2) is 9.52. The van der Waals surface area contributed by atoms with E-state index in [-0.39, 0.29) is 5.91 Å². The topological polar surface area (TPSA) is 70.2 Å². The number of thiophene rings is 1. The molecule has 1 saturated heterocycles. The summed E-state index contributed by atoms with van der Waals surface area (Å²) in [4.78, 5) is 24.3. The number of piperidine rings is 1. The Bertz CT molecular complexity index is 691. The van der Waals surface area contributed by atoms with Gasteiger partial charge in [0.15, 0.2) is 0 Å². The minimum atomic E-state index is 0.145. The number of anilines is 2. The Labute approximate surface area is 159 Å². The Morgan fingerprint density at radius 2 is 2.35 bits per heavy atom. The first-order chi connectivity index (χ1) is 12.7. The predicted octanol–water partition coefficient (Wildman–Crippen LogP) is 3.28. The van der Waals surface area contributed by atoms with Gasteiger partial charge in [-0.1, -0.05) is 6.07 Å². The third-order valence-corrected chi connectivity index (χ3v) is 5.55. The normalized spacial score (nSPS) is 17.1. The van der Waals surface area contributed by atoms with Gasteiger partial charge >= 0.3 is 0 Å². The minimum Gasteiger partial charge on any atom is -0.370 e. The molecule has 6 nitrogen and oxygen atoms in total. The van der Waals surface area contributed by atoms with Crippen molar-refractivity contribution in [2.75, 3.05) is 29.9 Å². The van der Waals surface area contributed by atoms with Crippen LogP contribution in [0.5, 0.6) is 0 Å². The van der Waals surface area contributed by atoms with E-state index in [0.29, 0.717) is 18.9 Å². The summed E-state index contributed by atoms with van der Waals surface area (Å²) in [6.07, 6.45) is 5.46. The van der Waals surface area contributed by atoms with Gasteiger partial charge < -0.3 is 15.5 Å². The van der Waals surface area contributed by atoms with Gasteiger partial charge in [0.25, 0.3) is 0 Å². The van der Waals surface area contributed by atoms with Crippen LogP contribution in [0.2, 0.25) is 0 Å². The number of hydrogen-bond acceptors (Lipinski definition) is 6. The molecule has 1 atom stereocenters. The number of hydrogen-bond donors (Lipinski definition) is 2. The molecule has 0 aliphatic carbocycles. The molecule has 0 radical (unpaired) electrons. The molecule has 1 aliphatic rings. The fraction of sp³-hybridized carbons (Fsp3) is 0.526. The van der Waals surface area contributed by atoms with Crippen LogP contribution < -0.4 is 15.5 Å². The largest absolute Gasteiger partial charge is 0.370 e. The molecule has 7 heteroatoms. The molecule has 1 fully saturated rings. The maximum atomic E-state index is 12.1. The van der Waals surface area contributed by atoms with E-state index < -0.39 is 0 Å². The van der Waals surface area contributed by atoms with Gasteiger partial charge in [-0.05, 0) is 43.6 Å². The zero-order valence-electron chi connectivity index (χ0n) is 15.3. The highest BCUT2D eigenvalue weighted by Crippen LogP contribution is 2.25. The highest BCUT2D eigenvalue weighted by molar-refractivity contribution is 7.09. The third kappa shape index (κ3) is 5.42. The van der Waals surface area contributed by atoms with Crippen molar-refractivity contribution >= 4 is 28.9 Å². The lowest BCUT2D eigenvalue weighted by Gasteiger charge is -2.33. The van der Waals surface area contributed by atoms with Gasteiger partial charge in [-0.25, -0.2) is 9.97 Å². The molecule has 0 aromatic carbocycles. The predicted molar refractivity (Wildman–Crippen MR) is 107 cm³/mol. The summed E-state index contributed by atoms with van der Waals surface area (Å²) in [7, 11) is 0. The second-order valence-corrected chi connectivity index (χ2v) is 7.67. The lowest BCUT2D eigenvalue weighted by molar-refractivity contribution is -0.121. The van der Waals surface area contributed by atoms with Gasteiger partial charge in [0.1, 0.15) is 18.0 Å². The number of carbonyl (C=O) groups excluding carboxylic acids is 1. The van der Waals surface area contributed by atoms with Crippen molar-refractivity contribution in [1.29, 1.82) is 0 Å².